The molecule has 0 spiro atoms. The molecule has 4 aromatic rings. The topological polar surface area (TPSA) is 26.3 Å². The first kappa shape index (κ1) is 19.4. The summed E-state index contributed by atoms with van der Waals surface area (Å²) >= 11 is 0. The molecule has 0 fully saturated rings. The Hall–Kier alpha value is -3.91. The minimum absolute atomic E-state index is 0.340. The number of esters is 1. The highest BCUT2D eigenvalue weighted by molar-refractivity contribution is 6.03. The van der Waals surface area contributed by atoms with E-state index < -0.39 is 0 Å². The van der Waals surface area contributed by atoms with Crippen LogP contribution in [-0.2, 0) is 11.2 Å². The largest absolute Gasteiger partial charge is 0.423 e. The van der Waals surface area contributed by atoms with Gasteiger partial charge in [-0.05, 0) is 34.4 Å². The lowest BCUT2D eigenvalue weighted by atomic mass is 9.90. The third-order valence-corrected chi connectivity index (χ3v) is 4.85. The van der Waals surface area contributed by atoms with Crippen molar-refractivity contribution in [2.75, 3.05) is 0 Å². The van der Waals surface area contributed by atoms with Gasteiger partial charge in [-0.3, -0.25) is 0 Å². The van der Waals surface area contributed by atoms with Gasteiger partial charge in [0.25, 0.3) is 0 Å². The standard InChI is InChI=1S/C28H22O2/c29-28(30-25-19-11-4-12-20-25)26(21-22-13-5-1-6-14-22)27(23-15-7-2-8-16-23)24-17-9-3-10-18-24/h1-20H,21H2. The lowest BCUT2D eigenvalue weighted by Crippen LogP contribution is -2.16. The number of carbonyl (C=O) groups excluding carboxylic acids is 1. The quantitative estimate of drug-likeness (QED) is 0.218. The van der Waals surface area contributed by atoms with Crippen LogP contribution in [0, 0.1) is 0 Å². The third kappa shape index (κ3) is 4.73. The number of rotatable bonds is 6. The molecule has 0 radical (unpaired) electrons. The van der Waals surface area contributed by atoms with E-state index in [1.165, 1.54) is 0 Å². The van der Waals surface area contributed by atoms with Gasteiger partial charge < -0.3 is 4.74 Å². The minimum atomic E-state index is -0.340. The monoisotopic (exact) mass is 390 g/mol. The van der Waals surface area contributed by atoms with Gasteiger partial charge in [0.15, 0.2) is 0 Å². The van der Waals surface area contributed by atoms with Gasteiger partial charge in [0.2, 0.25) is 0 Å². The molecule has 0 N–H and O–H groups in total. The van der Waals surface area contributed by atoms with E-state index >= 15 is 0 Å². The lowest BCUT2D eigenvalue weighted by molar-refractivity contribution is -0.130. The molecule has 0 saturated carbocycles. The van der Waals surface area contributed by atoms with E-state index in [0.29, 0.717) is 17.7 Å². The van der Waals surface area contributed by atoms with E-state index in [2.05, 4.69) is 0 Å². The van der Waals surface area contributed by atoms with Crippen LogP contribution in [0.3, 0.4) is 0 Å². The summed E-state index contributed by atoms with van der Waals surface area (Å²) in [4.78, 5) is 13.4. The highest BCUT2D eigenvalue weighted by atomic mass is 16.5. The van der Waals surface area contributed by atoms with Gasteiger partial charge in [-0.15, -0.1) is 0 Å². The maximum absolute atomic E-state index is 13.4. The average molecular weight is 390 g/mol. The van der Waals surface area contributed by atoms with Crippen molar-refractivity contribution in [3.8, 4) is 5.75 Å². The summed E-state index contributed by atoms with van der Waals surface area (Å²) in [5.74, 6) is 0.196. The molecule has 2 nitrogen and oxygen atoms in total. The molecule has 0 aliphatic rings. The Bertz CT molecular complexity index is 1070. The van der Waals surface area contributed by atoms with Crippen LogP contribution in [0.25, 0.3) is 5.57 Å². The number of ether oxygens (including phenoxy) is 1. The van der Waals surface area contributed by atoms with Crippen LogP contribution >= 0.6 is 0 Å². The molecule has 0 amide bonds. The summed E-state index contributed by atoms with van der Waals surface area (Å²) in [5.41, 5.74) is 4.55. The number of benzene rings is 4. The Balaban J connectivity index is 1.87. The smallest absolute Gasteiger partial charge is 0.340 e. The van der Waals surface area contributed by atoms with E-state index in [-0.39, 0.29) is 5.97 Å². The predicted molar refractivity (Wildman–Crippen MR) is 121 cm³/mol. The zero-order valence-corrected chi connectivity index (χ0v) is 16.6. The van der Waals surface area contributed by atoms with Crippen LogP contribution in [0.2, 0.25) is 0 Å². The lowest BCUT2D eigenvalue weighted by Gasteiger charge is -2.16. The fourth-order valence-corrected chi connectivity index (χ4v) is 3.44. The molecule has 4 rings (SSSR count). The summed E-state index contributed by atoms with van der Waals surface area (Å²) < 4.78 is 5.78. The Labute approximate surface area is 177 Å². The minimum Gasteiger partial charge on any atom is -0.423 e. The van der Waals surface area contributed by atoms with Crippen molar-refractivity contribution in [2.45, 2.75) is 6.42 Å². The molecule has 0 heterocycles. The molecule has 146 valence electrons. The maximum Gasteiger partial charge on any atom is 0.340 e. The predicted octanol–water partition coefficient (Wildman–Crippen LogP) is 6.34. The summed E-state index contributed by atoms with van der Waals surface area (Å²) in [6.07, 6.45) is 0.478. The second-order valence-electron chi connectivity index (χ2n) is 6.95. The second kappa shape index (κ2) is 9.53. The molecule has 0 saturated heterocycles. The fourth-order valence-electron chi connectivity index (χ4n) is 3.44. The molecule has 0 atom stereocenters. The van der Waals surface area contributed by atoms with Gasteiger partial charge in [-0.2, -0.15) is 0 Å². The molecule has 30 heavy (non-hydrogen) atoms. The molecule has 0 aliphatic heterocycles. The number of hydrogen-bond donors (Lipinski definition) is 0. The Kier molecular flexibility index (Phi) is 6.16. The van der Waals surface area contributed by atoms with Gasteiger partial charge >= 0.3 is 5.97 Å². The summed E-state index contributed by atoms with van der Waals surface area (Å²) in [7, 11) is 0. The number of para-hydroxylation sites is 1. The van der Waals surface area contributed by atoms with Gasteiger partial charge in [-0.25, -0.2) is 4.79 Å². The van der Waals surface area contributed by atoms with Crippen LogP contribution in [0.4, 0.5) is 0 Å². The Morgan fingerprint density at radius 2 is 1.00 bits per heavy atom. The highest BCUT2D eigenvalue weighted by Gasteiger charge is 2.21. The van der Waals surface area contributed by atoms with Crippen molar-refractivity contribution in [2.24, 2.45) is 0 Å². The molecular weight excluding hydrogens is 368 g/mol. The Morgan fingerprint density at radius 1 is 0.567 bits per heavy atom. The van der Waals surface area contributed by atoms with E-state index in [1.54, 1.807) is 12.1 Å². The van der Waals surface area contributed by atoms with Crippen LogP contribution in [-0.4, -0.2) is 5.97 Å². The van der Waals surface area contributed by atoms with Crippen molar-refractivity contribution in [1.82, 2.24) is 0 Å². The summed E-state index contributed by atoms with van der Waals surface area (Å²) in [6.45, 7) is 0. The Morgan fingerprint density at radius 3 is 1.50 bits per heavy atom. The van der Waals surface area contributed by atoms with Crippen LogP contribution in [0.15, 0.2) is 127 Å². The summed E-state index contributed by atoms with van der Waals surface area (Å²) in [6, 6.07) is 39.2. The first-order valence-electron chi connectivity index (χ1n) is 9.96. The van der Waals surface area contributed by atoms with Crippen molar-refractivity contribution >= 4 is 11.5 Å². The fraction of sp³-hybridized carbons (Fsp3) is 0.0357. The van der Waals surface area contributed by atoms with E-state index in [4.69, 9.17) is 4.74 Å². The van der Waals surface area contributed by atoms with Crippen molar-refractivity contribution in [1.29, 1.82) is 0 Å². The molecular formula is C28H22O2. The van der Waals surface area contributed by atoms with Crippen molar-refractivity contribution in [3.05, 3.63) is 144 Å². The van der Waals surface area contributed by atoms with E-state index in [9.17, 15) is 4.79 Å². The van der Waals surface area contributed by atoms with E-state index in [1.807, 2.05) is 109 Å². The van der Waals surface area contributed by atoms with Crippen molar-refractivity contribution < 1.29 is 9.53 Å². The highest BCUT2D eigenvalue weighted by Crippen LogP contribution is 2.30. The molecule has 2 heteroatoms. The first-order valence-corrected chi connectivity index (χ1v) is 9.96. The van der Waals surface area contributed by atoms with Gasteiger partial charge in [0.1, 0.15) is 5.75 Å². The maximum atomic E-state index is 13.4. The SMILES string of the molecule is O=C(Oc1ccccc1)C(Cc1ccccc1)=C(c1ccccc1)c1ccccc1. The van der Waals surface area contributed by atoms with Crippen LogP contribution in [0.5, 0.6) is 5.75 Å². The average Bonchev–Trinajstić information content (AvgIpc) is 2.81. The molecule has 4 aromatic carbocycles. The van der Waals surface area contributed by atoms with E-state index in [0.717, 1.165) is 22.3 Å². The molecule has 0 bridgehead atoms. The summed E-state index contributed by atoms with van der Waals surface area (Å²) in [5, 5.41) is 0. The number of hydrogen-bond acceptors (Lipinski definition) is 2. The third-order valence-electron chi connectivity index (χ3n) is 4.85. The van der Waals surface area contributed by atoms with Crippen LogP contribution < -0.4 is 4.74 Å². The van der Waals surface area contributed by atoms with Crippen LogP contribution in [0.1, 0.15) is 16.7 Å². The van der Waals surface area contributed by atoms with Gasteiger partial charge in [-0.1, -0.05) is 109 Å². The zero-order chi connectivity index (χ0) is 20.6. The molecule has 0 aliphatic carbocycles. The second-order valence-corrected chi connectivity index (χ2v) is 6.95. The molecule has 0 aromatic heterocycles. The molecule has 0 unspecified atom stereocenters. The zero-order valence-electron chi connectivity index (χ0n) is 16.6. The van der Waals surface area contributed by atoms with Crippen molar-refractivity contribution in [3.63, 3.8) is 0 Å². The first-order chi connectivity index (χ1) is 14.8. The van der Waals surface area contributed by atoms with Gasteiger partial charge in [0.05, 0.1) is 5.57 Å². The normalized spacial score (nSPS) is 10.3. The van der Waals surface area contributed by atoms with Gasteiger partial charge in [0, 0.05) is 6.42 Å². The number of carbonyl (C=O) groups is 1.